The monoisotopic (exact) mass is 337 g/mol. The van der Waals surface area contributed by atoms with Gasteiger partial charge in [0.1, 0.15) is 5.75 Å². The number of tetrazole rings is 1. The summed E-state index contributed by atoms with van der Waals surface area (Å²) >= 11 is 1.52. The van der Waals surface area contributed by atoms with Crippen molar-refractivity contribution in [1.29, 1.82) is 5.26 Å². The van der Waals surface area contributed by atoms with Crippen molar-refractivity contribution < 1.29 is 4.74 Å². The second-order valence-electron chi connectivity index (χ2n) is 5.05. The molecule has 3 rings (SSSR count). The lowest BCUT2D eigenvalue weighted by Gasteiger charge is -2.07. The Morgan fingerprint density at radius 3 is 2.83 bits per heavy atom. The number of thioether (sulfide) groups is 1. The van der Waals surface area contributed by atoms with Gasteiger partial charge in [-0.2, -0.15) is 9.94 Å². The minimum atomic E-state index is 0.500. The van der Waals surface area contributed by atoms with Gasteiger partial charge in [0.25, 0.3) is 0 Å². The van der Waals surface area contributed by atoms with Crippen LogP contribution in [0.5, 0.6) is 5.75 Å². The van der Waals surface area contributed by atoms with E-state index in [9.17, 15) is 0 Å². The average molecular weight is 337 g/mol. The smallest absolute Gasteiger partial charge is 0.214 e. The van der Waals surface area contributed by atoms with Crippen LogP contribution in [0.4, 0.5) is 0 Å². The van der Waals surface area contributed by atoms with Gasteiger partial charge in [0.2, 0.25) is 5.16 Å². The first-order chi connectivity index (χ1) is 11.8. The highest BCUT2D eigenvalue weighted by Gasteiger charge is 2.08. The largest absolute Gasteiger partial charge is 0.493 e. The lowest BCUT2D eigenvalue weighted by molar-refractivity contribution is 0.343. The van der Waals surface area contributed by atoms with E-state index < -0.39 is 0 Å². The van der Waals surface area contributed by atoms with E-state index in [-0.39, 0.29) is 0 Å². The van der Waals surface area contributed by atoms with E-state index >= 15 is 0 Å². The highest BCUT2D eigenvalue weighted by Crippen LogP contribution is 2.19. The number of hydrogen-bond donors (Lipinski definition) is 0. The molecule has 1 heterocycles. The van der Waals surface area contributed by atoms with E-state index in [1.807, 2.05) is 37.3 Å². The summed E-state index contributed by atoms with van der Waals surface area (Å²) in [4.78, 5) is 0. The average Bonchev–Trinajstić information content (AvgIpc) is 3.08. The molecule has 0 radical (unpaired) electrons. The van der Waals surface area contributed by atoms with Gasteiger partial charge in [-0.1, -0.05) is 35.5 Å². The van der Waals surface area contributed by atoms with E-state index in [0.29, 0.717) is 28.8 Å². The molecule has 0 aliphatic carbocycles. The number of ether oxygens (including phenoxy) is 1. The maximum atomic E-state index is 8.88. The molecule has 6 nitrogen and oxygen atoms in total. The molecule has 0 atom stereocenters. The summed E-state index contributed by atoms with van der Waals surface area (Å²) in [6.45, 7) is 2.54. The van der Waals surface area contributed by atoms with Gasteiger partial charge in [0.15, 0.2) is 0 Å². The summed E-state index contributed by atoms with van der Waals surface area (Å²) in [6, 6.07) is 17.2. The number of hydrogen-bond acceptors (Lipinski definition) is 6. The molecule has 0 aliphatic heterocycles. The van der Waals surface area contributed by atoms with Gasteiger partial charge >= 0.3 is 0 Å². The molecule has 0 N–H and O–H groups in total. The lowest BCUT2D eigenvalue weighted by atomic mass is 10.2. The van der Waals surface area contributed by atoms with Crippen molar-refractivity contribution in [1.82, 2.24) is 20.2 Å². The molecule has 2 aromatic carbocycles. The van der Waals surface area contributed by atoms with Crippen LogP contribution in [0.2, 0.25) is 0 Å². The Labute approximate surface area is 144 Å². The third-order valence-electron chi connectivity index (χ3n) is 3.27. The van der Waals surface area contributed by atoms with E-state index in [1.165, 1.54) is 17.3 Å². The summed E-state index contributed by atoms with van der Waals surface area (Å²) in [5.74, 6) is 1.39. The van der Waals surface area contributed by atoms with Crippen molar-refractivity contribution in [3.8, 4) is 17.5 Å². The van der Waals surface area contributed by atoms with Crippen LogP contribution in [0.15, 0.2) is 53.7 Å². The van der Waals surface area contributed by atoms with Crippen LogP contribution in [-0.2, 0) is 0 Å². The van der Waals surface area contributed by atoms with Gasteiger partial charge in [0, 0.05) is 5.75 Å². The predicted octanol–water partition coefficient (Wildman–Crippen LogP) is 3.01. The topological polar surface area (TPSA) is 76.6 Å². The number of aromatic nitrogens is 4. The molecule has 0 saturated heterocycles. The minimum Gasteiger partial charge on any atom is -0.493 e. The third kappa shape index (κ3) is 3.91. The fourth-order valence-electron chi connectivity index (χ4n) is 2.06. The Morgan fingerprint density at radius 1 is 1.21 bits per heavy atom. The lowest BCUT2D eigenvalue weighted by Crippen LogP contribution is -2.03. The first-order valence-corrected chi connectivity index (χ1v) is 8.36. The highest BCUT2D eigenvalue weighted by molar-refractivity contribution is 7.99. The second kappa shape index (κ2) is 7.62. The fraction of sp³-hybridized carbons (Fsp3) is 0.176. The van der Waals surface area contributed by atoms with Crippen molar-refractivity contribution >= 4 is 11.8 Å². The summed E-state index contributed by atoms with van der Waals surface area (Å²) in [6.07, 6.45) is 0. The Bertz CT molecular complexity index is 854. The van der Waals surface area contributed by atoms with Crippen molar-refractivity contribution in [3.63, 3.8) is 0 Å². The number of rotatable bonds is 6. The molecular weight excluding hydrogens is 322 g/mol. The normalized spacial score (nSPS) is 10.3. The first kappa shape index (κ1) is 16.0. The first-order valence-electron chi connectivity index (χ1n) is 7.37. The van der Waals surface area contributed by atoms with Crippen LogP contribution in [0.25, 0.3) is 5.69 Å². The molecule has 0 unspecified atom stereocenters. The summed E-state index contributed by atoms with van der Waals surface area (Å²) < 4.78 is 7.37. The Morgan fingerprint density at radius 2 is 2.04 bits per heavy atom. The van der Waals surface area contributed by atoms with Gasteiger partial charge in [0.05, 0.1) is 23.9 Å². The van der Waals surface area contributed by atoms with Gasteiger partial charge in [-0.05, 0) is 47.7 Å². The van der Waals surface area contributed by atoms with Gasteiger partial charge in [-0.3, -0.25) is 0 Å². The number of aryl methyl sites for hydroxylation is 1. The van der Waals surface area contributed by atoms with Crippen molar-refractivity contribution in [3.05, 3.63) is 59.7 Å². The SMILES string of the molecule is Cc1ccc(-n2nnnc2SCCOc2cccc(C#N)c2)cc1. The molecule has 24 heavy (non-hydrogen) atoms. The molecule has 120 valence electrons. The van der Waals surface area contributed by atoms with Crippen molar-refractivity contribution in [2.24, 2.45) is 0 Å². The summed E-state index contributed by atoms with van der Waals surface area (Å²) in [5, 5.41) is 21.4. The molecule has 1 aromatic heterocycles. The predicted molar refractivity (Wildman–Crippen MR) is 91.3 cm³/mol. The molecule has 0 saturated carbocycles. The standard InChI is InChI=1S/C17H15N5OS/c1-13-5-7-15(8-6-13)22-17(19-20-21-22)24-10-9-23-16-4-2-3-14(11-16)12-18/h2-8,11H,9-10H2,1H3. The maximum absolute atomic E-state index is 8.88. The molecule has 0 aliphatic rings. The zero-order valence-corrected chi connectivity index (χ0v) is 13.9. The quantitative estimate of drug-likeness (QED) is 0.508. The van der Waals surface area contributed by atoms with Crippen molar-refractivity contribution in [2.45, 2.75) is 12.1 Å². The fourth-order valence-corrected chi connectivity index (χ4v) is 2.77. The Kier molecular flexibility index (Phi) is 5.08. The Balaban J connectivity index is 1.57. The van der Waals surface area contributed by atoms with Crippen LogP contribution < -0.4 is 4.74 Å². The second-order valence-corrected chi connectivity index (χ2v) is 6.11. The molecule has 7 heteroatoms. The number of nitrogens with zero attached hydrogens (tertiary/aromatic N) is 5. The van der Waals surface area contributed by atoms with E-state index in [2.05, 4.69) is 21.6 Å². The van der Waals surface area contributed by atoms with Crippen LogP contribution in [0, 0.1) is 18.3 Å². The van der Waals surface area contributed by atoms with Crippen LogP contribution in [0.3, 0.4) is 0 Å². The van der Waals surface area contributed by atoms with Gasteiger partial charge < -0.3 is 4.74 Å². The number of benzene rings is 2. The van der Waals surface area contributed by atoms with Crippen LogP contribution in [0.1, 0.15) is 11.1 Å². The molecule has 0 fully saturated rings. The number of nitriles is 1. The van der Waals surface area contributed by atoms with E-state index in [1.54, 1.807) is 22.9 Å². The van der Waals surface area contributed by atoms with Crippen LogP contribution in [-0.4, -0.2) is 32.6 Å². The molecule has 0 amide bonds. The third-order valence-corrected chi connectivity index (χ3v) is 4.15. The van der Waals surface area contributed by atoms with E-state index in [4.69, 9.17) is 10.00 Å². The Hall–Kier alpha value is -2.85. The summed E-state index contributed by atoms with van der Waals surface area (Å²) in [7, 11) is 0. The molecule has 0 spiro atoms. The van der Waals surface area contributed by atoms with E-state index in [0.717, 1.165) is 5.69 Å². The maximum Gasteiger partial charge on any atom is 0.214 e. The summed E-state index contributed by atoms with van der Waals surface area (Å²) in [5.41, 5.74) is 2.70. The molecule has 3 aromatic rings. The van der Waals surface area contributed by atoms with Crippen LogP contribution >= 0.6 is 11.8 Å². The molecular formula is C17H15N5OS. The van der Waals surface area contributed by atoms with Gasteiger partial charge in [-0.25, -0.2) is 0 Å². The molecule has 0 bridgehead atoms. The zero-order valence-electron chi connectivity index (χ0n) is 13.1. The van der Waals surface area contributed by atoms with Crippen molar-refractivity contribution in [2.75, 3.05) is 12.4 Å². The zero-order chi connectivity index (χ0) is 16.8. The minimum absolute atomic E-state index is 0.500. The highest BCUT2D eigenvalue weighted by atomic mass is 32.2. The van der Waals surface area contributed by atoms with Gasteiger partial charge in [-0.15, -0.1) is 5.10 Å².